The first-order valence-corrected chi connectivity index (χ1v) is 7.09. The van der Waals surface area contributed by atoms with Gasteiger partial charge < -0.3 is 10.4 Å². The van der Waals surface area contributed by atoms with E-state index in [0.29, 0.717) is 12.1 Å². The highest BCUT2D eigenvalue weighted by Crippen LogP contribution is 2.22. The number of nitrogens with zero attached hydrogens (tertiary/aromatic N) is 2. The summed E-state index contributed by atoms with van der Waals surface area (Å²) in [5, 5.41) is 14.2. The predicted molar refractivity (Wildman–Crippen MR) is 75.3 cm³/mol. The van der Waals surface area contributed by atoms with Crippen LogP contribution in [-0.2, 0) is 0 Å². The molecule has 2 N–H and O–H groups in total. The minimum Gasteiger partial charge on any atom is -0.394 e. The van der Waals surface area contributed by atoms with Crippen LogP contribution in [0.2, 0.25) is 0 Å². The number of hydrogen-bond acceptors (Lipinski definition) is 5. The molecule has 0 bridgehead atoms. The van der Waals surface area contributed by atoms with Gasteiger partial charge in [0.05, 0.1) is 22.4 Å². The zero-order valence-corrected chi connectivity index (χ0v) is 11.8. The molecule has 0 aliphatic carbocycles. The molecule has 2 rings (SSSR count). The van der Waals surface area contributed by atoms with Crippen molar-refractivity contribution in [3.63, 3.8) is 0 Å². The molecule has 2 heterocycles. The fourth-order valence-electron chi connectivity index (χ4n) is 2.02. The van der Waals surface area contributed by atoms with Crippen molar-refractivity contribution < 1.29 is 9.90 Å². The van der Waals surface area contributed by atoms with Crippen LogP contribution in [0.15, 0.2) is 17.8 Å². The van der Waals surface area contributed by atoms with Gasteiger partial charge in [0.2, 0.25) is 0 Å². The predicted octanol–water partition coefficient (Wildman–Crippen LogP) is 1.97. The SMILES string of the molecule is CCCC(C)(CO)NC(=O)c1ncnc2ccsc12. The van der Waals surface area contributed by atoms with Crippen molar-refractivity contribution in [1.29, 1.82) is 0 Å². The molecule has 1 unspecified atom stereocenters. The first kappa shape index (κ1) is 13.9. The van der Waals surface area contributed by atoms with Crippen molar-refractivity contribution in [1.82, 2.24) is 15.3 Å². The Morgan fingerprint density at radius 2 is 2.32 bits per heavy atom. The molecule has 6 heteroatoms. The van der Waals surface area contributed by atoms with Crippen LogP contribution in [0.4, 0.5) is 0 Å². The molecule has 5 nitrogen and oxygen atoms in total. The normalized spacial score (nSPS) is 14.3. The van der Waals surface area contributed by atoms with Gasteiger partial charge in [0.1, 0.15) is 12.0 Å². The zero-order valence-electron chi connectivity index (χ0n) is 11.0. The number of aromatic nitrogens is 2. The highest BCUT2D eigenvalue weighted by molar-refractivity contribution is 7.17. The third-order valence-electron chi connectivity index (χ3n) is 3.02. The van der Waals surface area contributed by atoms with Gasteiger partial charge in [-0.1, -0.05) is 13.3 Å². The molecular weight excluding hydrogens is 262 g/mol. The zero-order chi connectivity index (χ0) is 13.9. The van der Waals surface area contributed by atoms with Crippen molar-refractivity contribution in [2.24, 2.45) is 0 Å². The van der Waals surface area contributed by atoms with Crippen LogP contribution in [0.5, 0.6) is 0 Å². The molecule has 102 valence electrons. The summed E-state index contributed by atoms with van der Waals surface area (Å²) in [6.45, 7) is 3.76. The molecule has 0 aliphatic rings. The lowest BCUT2D eigenvalue weighted by molar-refractivity contribution is 0.0838. The highest BCUT2D eigenvalue weighted by Gasteiger charge is 2.26. The number of carbonyl (C=O) groups is 1. The largest absolute Gasteiger partial charge is 0.394 e. The van der Waals surface area contributed by atoms with E-state index in [0.717, 1.165) is 16.6 Å². The molecule has 1 amide bonds. The summed E-state index contributed by atoms with van der Waals surface area (Å²) < 4.78 is 0.775. The standard InChI is InChI=1S/C13H17N3O2S/c1-3-5-13(2,7-17)16-12(18)10-11-9(4-6-19-11)14-8-15-10/h4,6,8,17H,3,5,7H2,1-2H3,(H,16,18). The van der Waals surface area contributed by atoms with Crippen LogP contribution in [0, 0.1) is 0 Å². The van der Waals surface area contributed by atoms with Crippen LogP contribution in [0.3, 0.4) is 0 Å². The summed E-state index contributed by atoms with van der Waals surface area (Å²) >= 11 is 1.44. The Kier molecular flexibility index (Phi) is 4.11. The molecule has 1 atom stereocenters. The minimum atomic E-state index is -0.611. The Morgan fingerprint density at radius 1 is 1.53 bits per heavy atom. The maximum absolute atomic E-state index is 12.3. The van der Waals surface area contributed by atoms with Crippen LogP contribution < -0.4 is 5.32 Å². The molecule has 0 saturated heterocycles. The lowest BCUT2D eigenvalue weighted by Gasteiger charge is -2.28. The fourth-order valence-corrected chi connectivity index (χ4v) is 2.85. The van der Waals surface area contributed by atoms with Gasteiger partial charge in [-0.2, -0.15) is 0 Å². The third-order valence-corrected chi connectivity index (χ3v) is 3.93. The number of thiophene rings is 1. The number of nitrogens with one attached hydrogen (secondary N) is 1. The summed E-state index contributed by atoms with van der Waals surface area (Å²) in [4.78, 5) is 20.5. The van der Waals surface area contributed by atoms with Gasteiger partial charge in [0, 0.05) is 0 Å². The van der Waals surface area contributed by atoms with Crippen molar-refractivity contribution in [3.05, 3.63) is 23.5 Å². The lowest BCUT2D eigenvalue weighted by Crippen LogP contribution is -2.49. The van der Waals surface area contributed by atoms with Crippen LogP contribution in [-0.4, -0.2) is 33.1 Å². The van der Waals surface area contributed by atoms with Gasteiger partial charge in [-0.15, -0.1) is 11.3 Å². The summed E-state index contributed by atoms with van der Waals surface area (Å²) in [6, 6.07) is 1.86. The van der Waals surface area contributed by atoms with Gasteiger partial charge in [0.25, 0.3) is 5.91 Å². The van der Waals surface area contributed by atoms with Crippen LogP contribution >= 0.6 is 11.3 Å². The quantitative estimate of drug-likeness (QED) is 0.877. The molecule has 0 fully saturated rings. The molecule has 19 heavy (non-hydrogen) atoms. The fraction of sp³-hybridized carbons (Fsp3) is 0.462. The number of hydrogen-bond donors (Lipinski definition) is 2. The molecule has 2 aromatic rings. The summed E-state index contributed by atoms with van der Waals surface area (Å²) in [6.07, 6.45) is 2.99. The van der Waals surface area contributed by atoms with Crippen LogP contribution in [0.1, 0.15) is 37.2 Å². The summed E-state index contributed by atoms with van der Waals surface area (Å²) in [7, 11) is 0. The van der Waals surface area contributed by atoms with E-state index in [4.69, 9.17) is 0 Å². The second kappa shape index (κ2) is 5.63. The second-order valence-electron chi connectivity index (χ2n) is 4.78. The molecule has 2 aromatic heterocycles. The first-order chi connectivity index (χ1) is 9.09. The molecule has 0 saturated carbocycles. The van der Waals surface area contributed by atoms with Crippen molar-refractivity contribution in [2.45, 2.75) is 32.2 Å². The van der Waals surface area contributed by atoms with Gasteiger partial charge in [-0.05, 0) is 24.8 Å². The van der Waals surface area contributed by atoms with Gasteiger partial charge >= 0.3 is 0 Å². The Morgan fingerprint density at radius 3 is 3.00 bits per heavy atom. The number of aliphatic hydroxyl groups excluding tert-OH is 1. The van der Waals surface area contributed by atoms with Crippen molar-refractivity contribution >= 4 is 27.5 Å². The van der Waals surface area contributed by atoms with E-state index >= 15 is 0 Å². The minimum absolute atomic E-state index is 0.0920. The van der Waals surface area contributed by atoms with Gasteiger partial charge in [0.15, 0.2) is 0 Å². The van der Waals surface area contributed by atoms with E-state index in [1.165, 1.54) is 17.7 Å². The highest BCUT2D eigenvalue weighted by atomic mass is 32.1. The van der Waals surface area contributed by atoms with E-state index in [1.807, 2.05) is 25.3 Å². The lowest BCUT2D eigenvalue weighted by atomic mass is 9.97. The van der Waals surface area contributed by atoms with Gasteiger partial charge in [-0.25, -0.2) is 9.97 Å². The Bertz CT molecular complexity index is 584. The van der Waals surface area contributed by atoms with Crippen LogP contribution in [0.25, 0.3) is 10.2 Å². The average molecular weight is 279 g/mol. The van der Waals surface area contributed by atoms with E-state index in [9.17, 15) is 9.90 Å². The molecular formula is C13H17N3O2S. The van der Waals surface area contributed by atoms with E-state index < -0.39 is 5.54 Å². The van der Waals surface area contributed by atoms with E-state index in [2.05, 4.69) is 15.3 Å². The smallest absolute Gasteiger partial charge is 0.272 e. The number of rotatable bonds is 5. The second-order valence-corrected chi connectivity index (χ2v) is 5.70. The van der Waals surface area contributed by atoms with E-state index in [1.54, 1.807) is 0 Å². The Hall–Kier alpha value is -1.53. The van der Waals surface area contributed by atoms with Gasteiger partial charge in [-0.3, -0.25) is 4.79 Å². The number of amides is 1. The van der Waals surface area contributed by atoms with Crippen molar-refractivity contribution in [3.8, 4) is 0 Å². The molecule has 0 spiro atoms. The molecule has 0 radical (unpaired) electrons. The number of aliphatic hydroxyl groups is 1. The summed E-state index contributed by atoms with van der Waals surface area (Å²) in [5.74, 6) is -0.264. The molecule has 0 aliphatic heterocycles. The monoisotopic (exact) mass is 279 g/mol. The Labute approximate surface area is 115 Å². The maximum Gasteiger partial charge on any atom is 0.272 e. The summed E-state index contributed by atoms with van der Waals surface area (Å²) in [5.41, 5.74) is 0.530. The Balaban J connectivity index is 2.27. The van der Waals surface area contributed by atoms with Crippen molar-refractivity contribution in [2.75, 3.05) is 6.61 Å². The number of carbonyl (C=O) groups excluding carboxylic acids is 1. The topological polar surface area (TPSA) is 75.1 Å². The third kappa shape index (κ3) is 2.90. The number of fused-ring (bicyclic) bond motifs is 1. The van der Waals surface area contributed by atoms with E-state index in [-0.39, 0.29) is 12.5 Å². The molecule has 0 aromatic carbocycles. The maximum atomic E-state index is 12.3. The first-order valence-electron chi connectivity index (χ1n) is 6.21. The average Bonchev–Trinajstić information content (AvgIpc) is 2.86.